The second kappa shape index (κ2) is 5.73. The fourth-order valence-electron chi connectivity index (χ4n) is 1.53. The minimum absolute atomic E-state index is 0.394. The molecule has 0 spiro atoms. The summed E-state index contributed by atoms with van der Waals surface area (Å²) in [5.74, 6) is 2.69. The maximum atomic E-state index is 5.63. The maximum absolute atomic E-state index is 5.63. The van der Waals surface area contributed by atoms with E-state index in [9.17, 15) is 0 Å². The van der Waals surface area contributed by atoms with E-state index in [1.54, 1.807) is 32.4 Å². The number of nitrogens with zero attached hydrogens (tertiary/aromatic N) is 2. The minimum Gasteiger partial charge on any atom is -0.497 e. The molecule has 2 aromatic rings. The SMILES string of the molecule is COc1ccc(OC)c(-c2nnc(CCCl)o2)c1. The highest BCUT2D eigenvalue weighted by molar-refractivity contribution is 6.17. The molecule has 1 aromatic carbocycles. The molecule has 0 atom stereocenters. The Balaban J connectivity index is 2.40. The first kappa shape index (κ1) is 12.7. The van der Waals surface area contributed by atoms with Gasteiger partial charge in [-0.05, 0) is 18.2 Å². The number of hydrogen-bond acceptors (Lipinski definition) is 5. The number of benzene rings is 1. The molecule has 6 heteroatoms. The Morgan fingerprint density at radius 1 is 1.22 bits per heavy atom. The van der Waals surface area contributed by atoms with Gasteiger partial charge in [0.1, 0.15) is 11.5 Å². The number of halogens is 1. The van der Waals surface area contributed by atoms with Crippen molar-refractivity contribution in [1.29, 1.82) is 0 Å². The smallest absolute Gasteiger partial charge is 0.251 e. The van der Waals surface area contributed by atoms with E-state index in [-0.39, 0.29) is 0 Å². The summed E-state index contributed by atoms with van der Waals surface area (Å²) < 4.78 is 15.9. The normalized spacial score (nSPS) is 10.4. The van der Waals surface area contributed by atoms with Gasteiger partial charge in [-0.1, -0.05) is 0 Å². The summed E-state index contributed by atoms with van der Waals surface area (Å²) in [7, 11) is 3.18. The van der Waals surface area contributed by atoms with Crippen molar-refractivity contribution >= 4 is 11.6 Å². The van der Waals surface area contributed by atoms with E-state index in [1.165, 1.54) is 0 Å². The van der Waals surface area contributed by atoms with Crippen molar-refractivity contribution in [2.75, 3.05) is 20.1 Å². The van der Waals surface area contributed by atoms with Crippen LogP contribution in [-0.4, -0.2) is 30.3 Å². The third-order valence-corrected chi connectivity index (χ3v) is 2.60. The topological polar surface area (TPSA) is 57.4 Å². The number of rotatable bonds is 5. The van der Waals surface area contributed by atoms with Gasteiger partial charge in [0.2, 0.25) is 5.89 Å². The monoisotopic (exact) mass is 268 g/mol. The lowest BCUT2D eigenvalue weighted by Gasteiger charge is -2.07. The van der Waals surface area contributed by atoms with Crippen molar-refractivity contribution in [3.05, 3.63) is 24.1 Å². The molecule has 5 nitrogen and oxygen atoms in total. The van der Waals surface area contributed by atoms with Gasteiger partial charge in [-0.2, -0.15) is 0 Å². The molecule has 0 aliphatic heterocycles. The highest BCUT2D eigenvalue weighted by Crippen LogP contribution is 2.32. The van der Waals surface area contributed by atoms with Crippen LogP contribution in [0.15, 0.2) is 22.6 Å². The van der Waals surface area contributed by atoms with Crippen LogP contribution in [0.5, 0.6) is 11.5 Å². The molecule has 0 bridgehead atoms. The summed E-state index contributed by atoms with van der Waals surface area (Å²) in [5, 5.41) is 7.89. The molecular weight excluding hydrogens is 256 g/mol. The van der Waals surface area contributed by atoms with Crippen LogP contribution in [0.1, 0.15) is 5.89 Å². The first-order valence-electron chi connectivity index (χ1n) is 5.39. The maximum Gasteiger partial charge on any atom is 0.251 e. The number of hydrogen-bond donors (Lipinski definition) is 0. The van der Waals surface area contributed by atoms with Crippen LogP contribution in [0.4, 0.5) is 0 Å². The quantitative estimate of drug-likeness (QED) is 0.780. The Kier molecular flexibility index (Phi) is 4.04. The van der Waals surface area contributed by atoms with Crippen molar-refractivity contribution in [3.8, 4) is 23.0 Å². The fraction of sp³-hybridized carbons (Fsp3) is 0.333. The summed E-state index contributed by atoms with van der Waals surface area (Å²) in [5.41, 5.74) is 0.699. The Labute approximate surface area is 110 Å². The van der Waals surface area contributed by atoms with E-state index >= 15 is 0 Å². The zero-order chi connectivity index (χ0) is 13.0. The molecule has 0 amide bonds. The van der Waals surface area contributed by atoms with Crippen molar-refractivity contribution in [3.63, 3.8) is 0 Å². The van der Waals surface area contributed by atoms with Gasteiger partial charge < -0.3 is 13.9 Å². The first-order valence-corrected chi connectivity index (χ1v) is 5.92. The molecule has 0 fully saturated rings. The van der Waals surface area contributed by atoms with E-state index in [4.69, 9.17) is 25.5 Å². The van der Waals surface area contributed by atoms with E-state index in [1.807, 2.05) is 0 Å². The van der Waals surface area contributed by atoms with Gasteiger partial charge in [0, 0.05) is 12.3 Å². The molecule has 0 N–H and O–H groups in total. The summed E-state index contributed by atoms with van der Waals surface area (Å²) in [4.78, 5) is 0. The zero-order valence-corrected chi connectivity index (χ0v) is 10.9. The molecule has 0 radical (unpaired) electrons. The van der Waals surface area contributed by atoms with Crippen LogP contribution in [0.3, 0.4) is 0 Å². The van der Waals surface area contributed by atoms with E-state index in [0.717, 1.165) is 0 Å². The highest BCUT2D eigenvalue weighted by Gasteiger charge is 2.14. The molecule has 0 aliphatic rings. The van der Waals surface area contributed by atoms with E-state index in [2.05, 4.69) is 10.2 Å². The van der Waals surface area contributed by atoms with Crippen molar-refractivity contribution in [2.24, 2.45) is 0 Å². The largest absolute Gasteiger partial charge is 0.497 e. The van der Waals surface area contributed by atoms with Gasteiger partial charge in [0.05, 0.1) is 19.8 Å². The van der Waals surface area contributed by atoms with Gasteiger partial charge in [0.15, 0.2) is 0 Å². The fourth-order valence-corrected chi connectivity index (χ4v) is 1.69. The third-order valence-electron chi connectivity index (χ3n) is 2.41. The molecule has 18 heavy (non-hydrogen) atoms. The molecule has 1 heterocycles. The van der Waals surface area contributed by atoms with Crippen LogP contribution in [0, 0.1) is 0 Å². The van der Waals surface area contributed by atoms with Crippen molar-refractivity contribution in [1.82, 2.24) is 10.2 Å². The van der Waals surface area contributed by atoms with Crippen LogP contribution in [0.2, 0.25) is 0 Å². The number of alkyl halides is 1. The van der Waals surface area contributed by atoms with Crippen molar-refractivity contribution < 1.29 is 13.9 Å². The van der Waals surface area contributed by atoms with Crippen molar-refractivity contribution in [2.45, 2.75) is 6.42 Å². The summed E-state index contributed by atoms with van der Waals surface area (Å²) in [6.07, 6.45) is 0.542. The number of aromatic nitrogens is 2. The van der Waals surface area contributed by atoms with E-state index in [0.29, 0.717) is 41.1 Å². The molecule has 0 saturated heterocycles. The molecular formula is C12H13ClN2O3. The molecule has 1 aromatic heterocycles. The second-order valence-corrected chi connectivity index (χ2v) is 3.88. The van der Waals surface area contributed by atoms with Crippen LogP contribution in [0.25, 0.3) is 11.5 Å². The standard InChI is InChI=1S/C12H13ClN2O3/c1-16-8-3-4-10(17-2)9(7-8)12-15-14-11(18-12)5-6-13/h3-4,7H,5-6H2,1-2H3. The van der Waals surface area contributed by atoms with Crippen LogP contribution >= 0.6 is 11.6 Å². The lowest BCUT2D eigenvalue weighted by atomic mass is 10.2. The predicted octanol–water partition coefficient (Wildman–Crippen LogP) is 2.54. The van der Waals surface area contributed by atoms with E-state index < -0.39 is 0 Å². The van der Waals surface area contributed by atoms with Crippen LogP contribution < -0.4 is 9.47 Å². The Morgan fingerprint density at radius 3 is 2.72 bits per heavy atom. The average Bonchev–Trinajstić information content (AvgIpc) is 2.87. The summed E-state index contributed by atoms with van der Waals surface area (Å²) >= 11 is 5.63. The Morgan fingerprint density at radius 2 is 2.06 bits per heavy atom. The Hall–Kier alpha value is -1.75. The number of methoxy groups -OCH3 is 2. The Bertz CT molecular complexity index is 528. The number of ether oxygens (including phenoxy) is 2. The molecule has 0 aliphatic carbocycles. The lowest BCUT2D eigenvalue weighted by molar-refractivity contribution is 0.402. The third kappa shape index (κ3) is 2.56. The van der Waals surface area contributed by atoms with Gasteiger partial charge in [0.25, 0.3) is 5.89 Å². The average molecular weight is 269 g/mol. The molecule has 0 saturated carbocycles. The second-order valence-electron chi connectivity index (χ2n) is 3.51. The lowest BCUT2D eigenvalue weighted by Crippen LogP contribution is -1.90. The predicted molar refractivity (Wildman–Crippen MR) is 67.3 cm³/mol. The number of aryl methyl sites for hydroxylation is 1. The molecule has 0 unspecified atom stereocenters. The van der Waals surface area contributed by atoms with Gasteiger partial charge in [-0.3, -0.25) is 0 Å². The van der Waals surface area contributed by atoms with Gasteiger partial charge in [-0.15, -0.1) is 21.8 Å². The highest BCUT2D eigenvalue weighted by atomic mass is 35.5. The molecule has 2 rings (SSSR count). The molecule has 96 valence electrons. The van der Waals surface area contributed by atoms with Gasteiger partial charge in [-0.25, -0.2) is 0 Å². The first-order chi connectivity index (χ1) is 8.78. The zero-order valence-electron chi connectivity index (χ0n) is 10.1. The summed E-state index contributed by atoms with van der Waals surface area (Å²) in [6, 6.07) is 5.38. The minimum atomic E-state index is 0.394. The van der Waals surface area contributed by atoms with Gasteiger partial charge >= 0.3 is 0 Å². The summed E-state index contributed by atoms with van der Waals surface area (Å²) in [6.45, 7) is 0. The van der Waals surface area contributed by atoms with Crippen LogP contribution in [-0.2, 0) is 6.42 Å².